The number of aliphatic carboxylic acids is 1. The average Bonchev–Trinajstić information content (AvgIpc) is 1.60. The Kier molecular flexibility index (Phi) is 27.7. The topological polar surface area (TPSA) is 446 Å². The van der Waals surface area contributed by atoms with Gasteiger partial charge in [0.1, 0.15) is 53.0 Å². The number of fused-ring (bicyclic) bond motifs is 8. The molecular formula is C107H109N15O16. The predicted octanol–water partition coefficient (Wildman–Crippen LogP) is 16.6. The number of carbonyl (C=O) groups is 4. The minimum absolute atomic E-state index is 0.0200. The maximum atomic E-state index is 13.2. The van der Waals surface area contributed by atoms with Crippen molar-refractivity contribution >= 4 is 23.7 Å². The fraction of sp³-hybridized carbons (Fsp3) is 0.393. The molecule has 138 heavy (non-hydrogen) atoms. The van der Waals surface area contributed by atoms with Crippen LogP contribution in [0.2, 0.25) is 0 Å². The number of rotatable bonds is 26. The lowest BCUT2D eigenvalue weighted by Gasteiger charge is -2.36. The van der Waals surface area contributed by atoms with Gasteiger partial charge in [0.15, 0.2) is 5.76 Å². The van der Waals surface area contributed by atoms with Gasteiger partial charge in [0.25, 0.3) is 17.7 Å². The molecule has 4 aliphatic carbocycles. The predicted molar refractivity (Wildman–Crippen MR) is 507 cm³/mol. The summed E-state index contributed by atoms with van der Waals surface area (Å²) in [6, 6.07) is 56.3. The Morgan fingerprint density at radius 3 is 1.43 bits per heavy atom. The SMILES string of the molecule is CC(C)Oc1ccc(-c2cc(-c3cccc4c3CCC43CC(=O)N(CCCCC(=O)O)C3)no2)cc1C#N.CC(C)Oc1ccc(-c2nc(-c3cccc4c3CCC43CCC(=O)N3CCO)no2)cc1C#N.CC(C)Oc1ccc(-c2nc(-c3cccc4c3CCC43CCC(CO)N3)no2)cc1C#N.CC(C)Oc1ccc(-c2nc(-c3cccc4c3CCC43CCN(CCO)C3=O)no2)cc1C#N. The lowest BCUT2D eigenvalue weighted by Crippen LogP contribution is -2.43. The molecule has 0 radical (unpaired) electrons. The summed E-state index contributed by atoms with van der Waals surface area (Å²) in [4.78, 5) is 68.8. The number of aliphatic hydroxyl groups is 3. The first-order chi connectivity index (χ1) is 66.7. The van der Waals surface area contributed by atoms with E-state index in [1.54, 1.807) is 65.6 Å². The van der Waals surface area contributed by atoms with E-state index in [4.69, 9.17) is 42.1 Å². The van der Waals surface area contributed by atoms with Gasteiger partial charge < -0.3 is 77.5 Å². The molecule has 0 bridgehead atoms. The fourth-order valence-electron chi connectivity index (χ4n) is 21.4. The zero-order valence-corrected chi connectivity index (χ0v) is 78.4. The molecule has 5 N–H and O–H groups in total. The van der Waals surface area contributed by atoms with Crippen molar-refractivity contribution in [1.29, 1.82) is 21.0 Å². The summed E-state index contributed by atoms with van der Waals surface area (Å²) in [6.07, 6.45) is 12.5. The molecule has 31 nitrogen and oxygen atoms in total. The van der Waals surface area contributed by atoms with Crippen LogP contribution in [0.3, 0.4) is 0 Å². The Morgan fingerprint density at radius 2 is 0.928 bits per heavy atom. The van der Waals surface area contributed by atoms with E-state index < -0.39 is 11.4 Å². The summed E-state index contributed by atoms with van der Waals surface area (Å²) >= 11 is 0. The van der Waals surface area contributed by atoms with E-state index in [0.29, 0.717) is 161 Å². The molecule has 4 spiro atoms. The number of nitriles is 4. The largest absolute Gasteiger partial charge is 0.490 e. The number of nitrogens with one attached hydrogen (secondary N) is 1. The molecule has 4 aliphatic heterocycles. The van der Waals surface area contributed by atoms with Gasteiger partial charge in [0.2, 0.25) is 35.2 Å². The molecule has 31 heteroatoms. The highest BCUT2D eigenvalue weighted by atomic mass is 16.5. The summed E-state index contributed by atoms with van der Waals surface area (Å²) in [7, 11) is 0. The number of likely N-dealkylation sites (tertiary alicyclic amines) is 3. The number of unbranched alkanes of at least 4 members (excludes halogenated alkanes) is 1. The van der Waals surface area contributed by atoms with Gasteiger partial charge in [0.05, 0.1) is 77.4 Å². The Bertz CT molecular complexity index is 6800. The van der Waals surface area contributed by atoms with Crippen LogP contribution >= 0.6 is 0 Å². The number of amides is 3. The van der Waals surface area contributed by atoms with E-state index in [1.807, 2.05) is 138 Å². The van der Waals surface area contributed by atoms with Crippen LogP contribution in [-0.2, 0) is 66.8 Å². The number of hydrogen-bond donors (Lipinski definition) is 5. The van der Waals surface area contributed by atoms with Crippen molar-refractivity contribution in [3.8, 4) is 138 Å². The van der Waals surface area contributed by atoms with Crippen LogP contribution < -0.4 is 24.3 Å². The second kappa shape index (κ2) is 40.3. The van der Waals surface area contributed by atoms with Crippen molar-refractivity contribution < 1.29 is 76.6 Å². The van der Waals surface area contributed by atoms with Gasteiger partial charge in [-0.1, -0.05) is 93.4 Å². The van der Waals surface area contributed by atoms with E-state index >= 15 is 0 Å². The van der Waals surface area contributed by atoms with Crippen LogP contribution in [0.4, 0.5) is 0 Å². The van der Waals surface area contributed by atoms with E-state index in [-0.39, 0.29) is 90.9 Å². The molecule has 8 heterocycles. The normalized spacial score (nSPS) is 19.5. The number of aromatic nitrogens is 7. The van der Waals surface area contributed by atoms with Crippen LogP contribution in [0.25, 0.3) is 91.1 Å². The number of β-amino-alcohol motifs (C(OH)–C–C–N with tert-alkyl or cyclic N) is 2. The van der Waals surface area contributed by atoms with Gasteiger partial charge in [-0.3, -0.25) is 19.2 Å². The van der Waals surface area contributed by atoms with Gasteiger partial charge in [0, 0.05) is 120 Å². The van der Waals surface area contributed by atoms with Crippen molar-refractivity contribution in [1.82, 2.24) is 55.6 Å². The summed E-state index contributed by atoms with van der Waals surface area (Å²) < 4.78 is 45.2. The third-order valence-electron chi connectivity index (χ3n) is 27.5. The Hall–Kier alpha value is -14.7. The molecule has 12 aromatic rings. The van der Waals surface area contributed by atoms with Crippen molar-refractivity contribution in [2.45, 2.75) is 217 Å². The fourth-order valence-corrected chi connectivity index (χ4v) is 21.4. The number of ether oxygens (including phenoxy) is 4. The molecule has 3 amide bonds. The Morgan fingerprint density at radius 1 is 0.471 bits per heavy atom. The summed E-state index contributed by atoms with van der Waals surface area (Å²) in [6.45, 7) is 18.0. The molecule has 708 valence electrons. The average molecular weight is 1860 g/mol. The van der Waals surface area contributed by atoms with Gasteiger partial charge >= 0.3 is 5.97 Å². The molecule has 8 aromatic carbocycles. The smallest absolute Gasteiger partial charge is 0.303 e. The van der Waals surface area contributed by atoms with Crippen LogP contribution in [-0.4, -0.2) is 177 Å². The standard InChI is InChI=1S/C30H31N3O5.2C26H26N4O4.C25H26N4O3/c1-19(2)37-26-10-9-20(14-21(26)17-31)27-15-25(32-38-27)23-6-5-7-24-22(23)11-12-30(24)16-28(34)33(18-30)13-4-3-8-29(35)36;1-16(2)33-22-7-6-17(14-18(22)15-27)25-28-24(29-34-25)20-4-3-5-21-19(20)8-10-26(21)11-9-23(32)30(26)12-13-31;1-16(2)33-22-7-6-17(14-18(22)15-27)24-28-23(29-34-24)20-4-3-5-21-19(20)8-9-26(21)10-11-30(12-13-31)25(26)32;1-15(2)31-22-7-6-16(12-17(22)13-26)24-27-23(29-32-24)20-4-3-5-21-19(20)9-11-25(21)10-8-18(14-30)28-25/h5-7,9-10,14-15,19H,3-4,8,11-13,16,18H2,1-2H3,(H,35,36);2*3-7,14,16,31H,8-13H2,1-2H3;3-7,12,15,18,28,30H,8-11,14H2,1-2H3. The molecule has 5 unspecified atom stereocenters. The molecule has 8 aliphatic rings. The lowest BCUT2D eigenvalue weighted by molar-refractivity contribution is -0.137. The highest BCUT2D eigenvalue weighted by Gasteiger charge is 2.54. The summed E-state index contributed by atoms with van der Waals surface area (Å²) in [5, 5.41) is 96.1. The number of nitrogens with zero attached hydrogens (tertiary/aromatic N) is 14. The van der Waals surface area contributed by atoms with Gasteiger partial charge in [-0.25, -0.2) is 0 Å². The van der Waals surface area contributed by atoms with Gasteiger partial charge in [-0.15, -0.1) is 0 Å². The maximum absolute atomic E-state index is 13.2. The molecule has 4 fully saturated rings. The molecule has 4 aromatic heterocycles. The molecule has 20 rings (SSSR count). The Labute approximate surface area is 798 Å². The number of benzene rings is 8. The molecule has 5 atom stereocenters. The molecule has 0 saturated carbocycles. The first kappa shape index (κ1) is 95.0. The van der Waals surface area contributed by atoms with E-state index in [2.05, 4.69) is 83.4 Å². The van der Waals surface area contributed by atoms with Crippen molar-refractivity contribution in [2.75, 3.05) is 52.5 Å². The second-order valence-corrected chi connectivity index (χ2v) is 37.5. The monoisotopic (exact) mass is 1860 g/mol. The van der Waals surface area contributed by atoms with Crippen molar-refractivity contribution in [3.05, 3.63) is 218 Å². The number of carbonyl (C=O) groups excluding carboxylic acids is 3. The maximum Gasteiger partial charge on any atom is 0.303 e. The van der Waals surface area contributed by atoms with E-state index in [9.17, 15) is 55.5 Å². The summed E-state index contributed by atoms with van der Waals surface area (Å²) in [5.74, 6) is 4.72. The number of aliphatic hydroxyl groups excluding tert-OH is 3. The van der Waals surface area contributed by atoms with Crippen LogP contribution in [0.5, 0.6) is 23.0 Å². The minimum Gasteiger partial charge on any atom is -0.490 e. The highest BCUT2D eigenvalue weighted by molar-refractivity contribution is 5.93. The van der Waals surface area contributed by atoms with E-state index in [1.165, 1.54) is 22.3 Å². The van der Waals surface area contributed by atoms with Crippen molar-refractivity contribution in [2.24, 2.45) is 0 Å². The third-order valence-corrected chi connectivity index (χ3v) is 27.5. The van der Waals surface area contributed by atoms with Crippen molar-refractivity contribution in [3.63, 3.8) is 0 Å². The number of carboxylic acids is 1. The van der Waals surface area contributed by atoms with Crippen LogP contribution in [0, 0.1) is 45.3 Å². The number of carboxylic acid groups (broad SMARTS) is 1. The van der Waals surface area contributed by atoms with Crippen LogP contribution in [0.1, 0.15) is 206 Å². The third kappa shape index (κ3) is 18.8. The van der Waals surface area contributed by atoms with Gasteiger partial charge in [-0.2, -0.15) is 36.0 Å². The zero-order chi connectivity index (χ0) is 96.9. The molecular weight excluding hydrogens is 1750 g/mol. The van der Waals surface area contributed by atoms with E-state index in [0.717, 1.165) is 133 Å². The Balaban J connectivity index is 0.000000128. The first-order valence-electron chi connectivity index (χ1n) is 47.3. The van der Waals surface area contributed by atoms with Crippen LogP contribution in [0.15, 0.2) is 170 Å². The number of hydrogen-bond acceptors (Lipinski definition) is 27. The highest BCUT2D eigenvalue weighted by Crippen LogP contribution is 2.54. The second-order valence-electron chi connectivity index (χ2n) is 37.5. The lowest BCUT2D eigenvalue weighted by atomic mass is 9.80. The van der Waals surface area contributed by atoms with Gasteiger partial charge in [-0.05, 0) is 263 Å². The minimum atomic E-state index is -0.801. The molecule has 4 saturated heterocycles. The summed E-state index contributed by atoms with van der Waals surface area (Å²) in [5.41, 5.74) is 16.9. The quantitative estimate of drug-likeness (QED) is 0.0314. The zero-order valence-electron chi connectivity index (χ0n) is 78.4. The first-order valence-corrected chi connectivity index (χ1v) is 47.3.